The van der Waals surface area contributed by atoms with Crippen molar-refractivity contribution in [2.24, 2.45) is 5.73 Å². The highest BCUT2D eigenvalue weighted by Crippen LogP contribution is 2.34. The van der Waals surface area contributed by atoms with Gasteiger partial charge in [0, 0.05) is 31.1 Å². The van der Waals surface area contributed by atoms with E-state index in [9.17, 15) is 9.59 Å². The number of fused-ring (bicyclic) bond motifs is 2. The molecule has 0 spiro atoms. The molecular formula is C13H21N3O2. The molecule has 3 fully saturated rings. The van der Waals surface area contributed by atoms with Crippen LogP contribution in [0.1, 0.15) is 38.5 Å². The summed E-state index contributed by atoms with van der Waals surface area (Å²) in [6.45, 7) is 1.02. The topological polar surface area (TPSA) is 66.6 Å². The van der Waals surface area contributed by atoms with E-state index in [-0.39, 0.29) is 11.8 Å². The van der Waals surface area contributed by atoms with Crippen molar-refractivity contribution in [1.29, 1.82) is 0 Å². The van der Waals surface area contributed by atoms with Gasteiger partial charge in [-0.3, -0.25) is 19.4 Å². The Morgan fingerprint density at radius 2 is 1.94 bits per heavy atom. The number of hydrogen-bond acceptors (Lipinski definition) is 4. The highest BCUT2D eigenvalue weighted by atomic mass is 16.2. The molecule has 0 aromatic rings. The van der Waals surface area contributed by atoms with Gasteiger partial charge in [0.1, 0.15) is 0 Å². The first-order valence-electron chi connectivity index (χ1n) is 6.99. The molecule has 18 heavy (non-hydrogen) atoms. The van der Waals surface area contributed by atoms with E-state index >= 15 is 0 Å². The molecule has 0 aromatic heterocycles. The zero-order valence-electron chi connectivity index (χ0n) is 10.7. The average molecular weight is 251 g/mol. The van der Waals surface area contributed by atoms with E-state index in [1.807, 2.05) is 0 Å². The first-order chi connectivity index (χ1) is 8.65. The van der Waals surface area contributed by atoms with E-state index in [0.29, 0.717) is 37.6 Å². The van der Waals surface area contributed by atoms with Gasteiger partial charge >= 0.3 is 0 Å². The van der Waals surface area contributed by atoms with Crippen LogP contribution in [0.4, 0.5) is 0 Å². The molecule has 2 N–H and O–H groups in total. The smallest absolute Gasteiger partial charge is 0.243 e. The molecule has 0 aromatic carbocycles. The monoisotopic (exact) mass is 251 g/mol. The first kappa shape index (κ1) is 12.1. The number of amides is 2. The Kier molecular flexibility index (Phi) is 3.11. The molecular weight excluding hydrogens is 230 g/mol. The lowest BCUT2D eigenvalue weighted by Gasteiger charge is -2.37. The SMILES string of the molecule is NC1CC2CCC(C1)N2CC(=O)N1CCCC1=O. The quantitative estimate of drug-likeness (QED) is 0.755. The Labute approximate surface area is 107 Å². The van der Waals surface area contributed by atoms with Gasteiger partial charge in [-0.2, -0.15) is 0 Å². The lowest BCUT2D eigenvalue weighted by molar-refractivity contribution is -0.143. The van der Waals surface area contributed by atoms with Gasteiger partial charge in [0.15, 0.2) is 0 Å². The van der Waals surface area contributed by atoms with Crippen LogP contribution in [0.15, 0.2) is 0 Å². The van der Waals surface area contributed by atoms with Crippen molar-refractivity contribution in [1.82, 2.24) is 9.80 Å². The third kappa shape index (κ3) is 2.06. The van der Waals surface area contributed by atoms with Gasteiger partial charge in [-0.05, 0) is 32.1 Å². The van der Waals surface area contributed by atoms with E-state index in [2.05, 4.69) is 4.90 Å². The second kappa shape index (κ2) is 4.63. The number of rotatable bonds is 2. The van der Waals surface area contributed by atoms with Gasteiger partial charge in [-0.15, -0.1) is 0 Å². The number of carbonyl (C=O) groups is 2. The van der Waals surface area contributed by atoms with Crippen LogP contribution < -0.4 is 5.73 Å². The Balaban J connectivity index is 1.63. The van der Waals surface area contributed by atoms with Crippen molar-refractivity contribution in [2.45, 2.75) is 56.7 Å². The number of carbonyl (C=O) groups excluding carboxylic acids is 2. The van der Waals surface area contributed by atoms with Crippen molar-refractivity contribution >= 4 is 11.8 Å². The third-order valence-electron chi connectivity index (χ3n) is 4.61. The van der Waals surface area contributed by atoms with Crippen molar-refractivity contribution in [3.63, 3.8) is 0 Å². The maximum Gasteiger partial charge on any atom is 0.243 e. The van der Waals surface area contributed by atoms with E-state index in [4.69, 9.17) is 5.73 Å². The summed E-state index contributed by atoms with van der Waals surface area (Å²) in [6.07, 6.45) is 5.65. The molecule has 3 saturated heterocycles. The summed E-state index contributed by atoms with van der Waals surface area (Å²) in [5, 5.41) is 0. The number of nitrogens with two attached hydrogens (primary N) is 1. The van der Waals surface area contributed by atoms with Crippen LogP contribution in [0.25, 0.3) is 0 Å². The molecule has 3 aliphatic rings. The second-order valence-corrected chi connectivity index (χ2v) is 5.83. The van der Waals surface area contributed by atoms with Gasteiger partial charge in [-0.25, -0.2) is 0 Å². The summed E-state index contributed by atoms with van der Waals surface area (Å²) >= 11 is 0. The normalized spacial score (nSPS) is 36.4. The number of piperidine rings is 1. The summed E-state index contributed by atoms with van der Waals surface area (Å²) in [5.74, 6) is -0.00840. The summed E-state index contributed by atoms with van der Waals surface area (Å²) in [7, 11) is 0. The van der Waals surface area contributed by atoms with E-state index in [1.165, 1.54) is 4.90 Å². The zero-order chi connectivity index (χ0) is 12.7. The molecule has 2 bridgehead atoms. The highest BCUT2D eigenvalue weighted by molar-refractivity contribution is 5.97. The minimum atomic E-state index is -0.00938. The molecule has 3 aliphatic heterocycles. The maximum absolute atomic E-state index is 12.2. The summed E-state index contributed by atoms with van der Waals surface area (Å²) in [4.78, 5) is 27.4. The zero-order valence-corrected chi connectivity index (χ0v) is 10.7. The lowest BCUT2D eigenvalue weighted by Crippen LogP contribution is -2.51. The Morgan fingerprint density at radius 1 is 1.28 bits per heavy atom. The molecule has 5 nitrogen and oxygen atoms in total. The van der Waals surface area contributed by atoms with Gasteiger partial charge in [0.25, 0.3) is 0 Å². The van der Waals surface area contributed by atoms with Crippen LogP contribution in [0.2, 0.25) is 0 Å². The molecule has 0 aliphatic carbocycles. The fourth-order valence-corrected chi connectivity index (χ4v) is 3.73. The molecule has 5 heteroatoms. The highest BCUT2D eigenvalue weighted by Gasteiger charge is 2.41. The lowest BCUT2D eigenvalue weighted by atomic mass is 9.98. The van der Waals surface area contributed by atoms with Gasteiger partial charge in [0.05, 0.1) is 6.54 Å². The van der Waals surface area contributed by atoms with Crippen LogP contribution in [-0.4, -0.2) is 52.8 Å². The van der Waals surface area contributed by atoms with Crippen LogP contribution in [0.3, 0.4) is 0 Å². The van der Waals surface area contributed by atoms with Gasteiger partial charge in [0.2, 0.25) is 11.8 Å². The van der Waals surface area contributed by atoms with E-state index in [1.54, 1.807) is 0 Å². The molecule has 2 unspecified atom stereocenters. The minimum Gasteiger partial charge on any atom is -0.328 e. The standard InChI is InChI=1S/C13H21N3O2/c14-9-6-10-3-4-11(7-9)16(10)8-13(18)15-5-1-2-12(15)17/h9-11H,1-8,14H2. The van der Waals surface area contributed by atoms with E-state index in [0.717, 1.165) is 32.1 Å². The Bertz CT molecular complexity index is 357. The predicted octanol–water partition coefficient (Wildman–Crippen LogP) is 0.0895. The van der Waals surface area contributed by atoms with Gasteiger partial charge < -0.3 is 5.73 Å². The van der Waals surface area contributed by atoms with Crippen molar-refractivity contribution in [2.75, 3.05) is 13.1 Å². The second-order valence-electron chi connectivity index (χ2n) is 5.83. The molecule has 2 atom stereocenters. The Morgan fingerprint density at radius 3 is 2.50 bits per heavy atom. The van der Waals surface area contributed by atoms with Crippen LogP contribution in [-0.2, 0) is 9.59 Å². The molecule has 100 valence electrons. The van der Waals surface area contributed by atoms with Crippen molar-refractivity contribution in [3.05, 3.63) is 0 Å². The molecule has 3 heterocycles. The summed E-state index contributed by atoms with van der Waals surface area (Å²) < 4.78 is 0. The van der Waals surface area contributed by atoms with Crippen molar-refractivity contribution < 1.29 is 9.59 Å². The molecule has 3 rings (SSSR count). The third-order valence-corrected chi connectivity index (χ3v) is 4.61. The van der Waals surface area contributed by atoms with Crippen LogP contribution in [0, 0.1) is 0 Å². The number of nitrogens with zero attached hydrogens (tertiary/aromatic N) is 2. The maximum atomic E-state index is 12.2. The average Bonchev–Trinajstić information content (AvgIpc) is 2.83. The predicted molar refractivity (Wildman–Crippen MR) is 66.7 cm³/mol. The number of imide groups is 1. The van der Waals surface area contributed by atoms with Crippen LogP contribution in [0.5, 0.6) is 0 Å². The minimum absolute atomic E-state index is 0.000979. The molecule has 2 amide bonds. The fraction of sp³-hybridized carbons (Fsp3) is 0.846. The van der Waals surface area contributed by atoms with E-state index < -0.39 is 0 Å². The fourth-order valence-electron chi connectivity index (χ4n) is 3.73. The largest absolute Gasteiger partial charge is 0.328 e. The molecule has 0 radical (unpaired) electrons. The van der Waals surface area contributed by atoms with Crippen molar-refractivity contribution in [3.8, 4) is 0 Å². The summed E-state index contributed by atoms with van der Waals surface area (Å²) in [5.41, 5.74) is 6.02. The number of likely N-dealkylation sites (tertiary alicyclic amines) is 1. The summed E-state index contributed by atoms with van der Waals surface area (Å²) in [6, 6.07) is 1.21. The first-order valence-corrected chi connectivity index (χ1v) is 6.99. The number of hydrogen-bond donors (Lipinski definition) is 1. The van der Waals surface area contributed by atoms with Gasteiger partial charge in [-0.1, -0.05) is 0 Å². The van der Waals surface area contributed by atoms with Crippen LogP contribution >= 0.6 is 0 Å². The Hall–Kier alpha value is -0.940. The molecule has 0 saturated carbocycles.